The molecular weight excluding hydrogens is 284 g/mol. The lowest BCUT2D eigenvalue weighted by molar-refractivity contribution is 0.918. The average molecular weight is 308 g/mol. The molecule has 0 atom stereocenters. The average Bonchev–Trinajstić information content (AvgIpc) is 2.66. The first-order valence-electron chi connectivity index (χ1n) is 8.02. The summed E-state index contributed by atoms with van der Waals surface area (Å²) in [6, 6.07) is 13.8. The van der Waals surface area contributed by atoms with E-state index in [1.165, 1.54) is 0 Å². The van der Waals surface area contributed by atoms with Crippen LogP contribution in [0.1, 0.15) is 33.5 Å². The Morgan fingerprint density at radius 1 is 0.652 bits per heavy atom. The van der Waals surface area contributed by atoms with Gasteiger partial charge in [-0.05, 0) is 19.1 Å². The molecule has 4 nitrogen and oxygen atoms in total. The van der Waals surface area contributed by atoms with Crippen LogP contribution < -0.4 is 0 Å². The maximum absolute atomic E-state index is 4.53. The predicted octanol–water partition coefficient (Wildman–Crippen LogP) is 4.96. The molecule has 3 rings (SSSR count). The topological polar surface area (TPSA) is 51.6 Å². The van der Waals surface area contributed by atoms with Crippen LogP contribution in [0.2, 0.25) is 0 Å². The molecule has 4 heteroatoms. The fourth-order valence-corrected chi connectivity index (χ4v) is 1.91. The van der Waals surface area contributed by atoms with Crippen LogP contribution in [0, 0.1) is 6.92 Å². The second-order valence-corrected chi connectivity index (χ2v) is 4.16. The van der Waals surface area contributed by atoms with Gasteiger partial charge in [-0.3, -0.25) is 4.98 Å². The molecule has 0 saturated heterocycles. The minimum absolute atomic E-state index is 0.664. The third kappa shape index (κ3) is 4.95. The van der Waals surface area contributed by atoms with Crippen LogP contribution in [0.15, 0.2) is 54.9 Å². The third-order valence-electron chi connectivity index (χ3n) is 2.79. The molecule has 23 heavy (non-hydrogen) atoms. The molecule has 0 aliphatic heterocycles. The van der Waals surface area contributed by atoms with Crippen LogP contribution in [0.25, 0.3) is 22.5 Å². The Hall–Kier alpha value is -2.62. The first-order valence-corrected chi connectivity index (χ1v) is 8.02. The summed E-state index contributed by atoms with van der Waals surface area (Å²) in [7, 11) is 0. The van der Waals surface area contributed by atoms with E-state index < -0.39 is 0 Å². The highest BCUT2D eigenvalue weighted by atomic mass is 15.2. The zero-order chi connectivity index (χ0) is 17.1. The standard InChI is InChI=1S/C15H12N4.2C2H6/c1-11-17-14(12-5-3-2-4-6-12)15(19-18-11)13-7-9-16-10-8-13;2*1-2/h2-10H,1H3;2*1-2H3. The Kier molecular flexibility index (Phi) is 8.14. The van der Waals surface area contributed by atoms with Gasteiger partial charge < -0.3 is 0 Å². The van der Waals surface area contributed by atoms with Gasteiger partial charge in [0.15, 0.2) is 0 Å². The van der Waals surface area contributed by atoms with E-state index in [9.17, 15) is 0 Å². The lowest BCUT2D eigenvalue weighted by Crippen LogP contribution is -1.99. The Morgan fingerprint density at radius 2 is 1.22 bits per heavy atom. The lowest BCUT2D eigenvalue weighted by atomic mass is 10.1. The summed E-state index contributed by atoms with van der Waals surface area (Å²) in [4.78, 5) is 8.55. The fraction of sp³-hybridized carbons (Fsp3) is 0.263. The fourth-order valence-electron chi connectivity index (χ4n) is 1.91. The maximum Gasteiger partial charge on any atom is 0.148 e. The molecule has 0 aliphatic rings. The van der Waals surface area contributed by atoms with Crippen molar-refractivity contribution < 1.29 is 0 Å². The van der Waals surface area contributed by atoms with Gasteiger partial charge in [-0.15, -0.1) is 10.2 Å². The highest BCUT2D eigenvalue weighted by molar-refractivity contribution is 5.77. The van der Waals surface area contributed by atoms with Crippen molar-refractivity contribution in [2.45, 2.75) is 34.6 Å². The maximum atomic E-state index is 4.53. The quantitative estimate of drug-likeness (QED) is 0.671. The second kappa shape index (κ2) is 10.2. The molecule has 0 radical (unpaired) electrons. The Morgan fingerprint density at radius 3 is 1.83 bits per heavy atom. The smallest absolute Gasteiger partial charge is 0.148 e. The van der Waals surface area contributed by atoms with Crippen molar-refractivity contribution in [3.63, 3.8) is 0 Å². The summed E-state index contributed by atoms with van der Waals surface area (Å²) in [5.41, 5.74) is 3.62. The molecule has 0 bridgehead atoms. The number of benzene rings is 1. The molecule has 2 aromatic heterocycles. The molecule has 3 aromatic rings. The SMILES string of the molecule is CC.CC.Cc1nnc(-c2ccncc2)c(-c2ccccc2)n1. The van der Waals surface area contributed by atoms with E-state index >= 15 is 0 Å². The number of aryl methyl sites for hydroxylation is 1. The van der Waals surface area contributed by atoms with Crippen molar-refractivity contribution in [1.82, 2.24) is 20.2 Å². The second-order valence-electron chi connectivity index (χ2n) is 4.16. The summed E-state index contributed by atoms with van der Waals surface area (Å²) >= 11 is 0. The van der Waals surface area contributed by atoms with Crippen molar-refractivity contribution in [3.8, 4) is 22.5 Å². The van der Waals surface area contributed by atoms with Crippen LogP contribution in [0.4, 0.5) is 0 Å². The van der Waals surface area contributed by atoms with E-state index in [2.05, 4.69) is 20.2 Å². The van der Waals surface area contributed by atoms with Crippen molar-refractivity contribution in [3.05, 3.63) is 60.7 Å². The Bertz CT molecular complexity index is 682. The predicted molar refractivity (Wildman–Crippen MR) is 95.9 cm³/mol. The van der Waals surface area contributed by atoms with Gasteiger partial charge >= 0.3 is 0 Å². The molecule has 0 saturated carbocycles. The van der Waals surface area contributed by atoms with Crippen LogP contribution in [0.5, 0.6) is 0 Å². The van der Waals surface area contributed by atoms with Crippen molar-refractivity contribution >= 4 is 0 Å². The zero-order valence-electron chi connectivity index (χ0n) is 14.5. The number of aromatic nitrogens is 4. The highest BCUT2D eigenvalue weighted by Gasteiger charge is 2.11. The third-order valence-corrected chi connectivity index (χ3v) is 2.79. The van der Waals surface area contributed by atoms with Gasteiger partial charge in [0.25, 0.3) is 0 Å². The summed E-state index contributed by atoms with van der Waals surface area (Å²) in [5.74, 6) is 0.664. The first-order chi connectivity index (χ1) is 11.3. The largest absolute Gasteiger partial charge is 0.265 e. The molecule has 0 N–H and O–H groups in total. The van der Waals surface area contributed by atoms with E-state index in [0.29, 0.717) is 5.82 Å². The minimum Gasteiger partial charge on any atom is -0.265 e. The first kappa shape index (κ1) is 18.4. The number of hydrogen-bond donors (Lipinski definition) is 0. The molecule has 120 valence electrons. The summed E-state index contributed by atoms with van der Waals surface area (Å²) in [6.07, 6.45) is 3.48. The van der Waals surface area contributed by atoms with Crippen molar-refractivity contribution in [2.24, 2.45) is 0 Å². The van der Waals surface area contributed by atoms with Gasteiger partial charge in [0.05, 0.1) is 0 Å². The Labute approximate surface area is 138 Å². The van der Waals surface area contributed by atoms with E-state index in [1.54, 1.807) is 12.4 Å². The van der Waals surface area contributed by atoms with E-state index in [0.717, 1.165) is 22.5 Å². The molecule has 0 unspecified atom stereocenters. The van der Waals surface area contributed by atoms with Gasteiger partial charge in [0, 0.05) is 23.5 Å². The molecular formula is C19H24N4. The van der Waals surface area contributed by atoms with Gasteiger partial charge in [-0.1, -0.05) is 58.0 Å². The van der Waals surface area contributed by atoms with E-state index in [-0.39, 0.29) is 0 Å². The van der Waals surface area contributed by atoms with E-state index in [4.69, 9.17) is 0 Å². The number of nitrogens with zero attached hydrogens (tertiary/aromatic N) is 4. The number of hydrogen-bond acceptors (Lipinski definition) is 4. The van der Waals surface area contributed by atoms with E-state index in [1.807, 2.05) is 77.1 Å². The van der Waals surface area contributed by atoms with Crippen LogP contribution in [-0.4, -0.2) is 20.2 Å². The number of rotatable bonds is 2. The molecule has 0 spiro atoms. The molecule has 0 aliphatic carbocycles. The minimum atomic E-state index is 0.664. The molecule has 1 aromatic carbocycles. The highest BCUT2D eigenvalue weighted by Crippen LogP contribution is 2.27. The van der Waals surface area contributed by atoms with Crippen LogP contribution >= 0.6 is 0 Å². The van der Waals surface area contributed by atoms with Gasteiger partial charge in [-0.2, -0.15) is 0 Å². The Balaban J connectivity index is 0.000000615. The van der Waals surface area contributed by atoms with Gasteiger partial charge in [-0.25, -0.2) is 4.98 Å². The summed E-state index contributed by atoms with van der Waals surface area (Å²) < 4.78 is 0. The lowest BCUT2D eigenvalue weighted by Gasteiger charge is -2.07. The normalized spacial score (nSPS) is 9.09. The molecule has 0 amide bonds. The number of pyridine rings is 1. The van der Waals surface area contributed by atoms with Gasteiger partial charge in [0.2, 0.25) is 0 Å². The summed E-state index contributed by atoms with van der Waals surface area (Å²) in [6.45, 7) is 9.84. The monoisotopic (exact) mass is 308 g/mol. The van der Waals surface area contributed by atoms with Crippen LogP contribution in [-0.2, 0) is 0 Å². The molecule has 2 heterocycles. The van der Waals surface area contributed by atoms with Crippen LogP contribution in [0.3, 0.4) is 0 Å². The van der Waals surface area contributed by atoms with Crippen molar-refractivity contribution in [2.75, 3.05) is 0 Å². The zero-order valence-corrected chi connectivity index (χ0v) is 14.5. The van der Waals surface area contributed by atoms with Crippen molar-refractivity contribution in [1.29, 1.82) is 0 Å². The van der Waals surface area contributed by atoms with Gasteiger partial charge in [0.1, 0.15) is 17.2 Å². The summed E-state index contributed by atoms with van der Waals surface area (Å²) in [5, 5.41) is 8.34. The molecule has 0 fully saturated rings.